The summed E-state index contributed by atoms with van der Waals surface area (Å²) in [5.41, 5.74) is 0.184. The predicted molar refractivity (Wildman–Crippen MR) is 153 cm³/mol. The number of fused-ring (bicyclic) bond motifs is 1. The van der Waals surface area contributed by atoms with Gasteiger partial charge in [0.05, 0.1) is 6.04 Å². The van der Waals surface area contributed by atoms with Gasteiger partial charge < -0.3 is 30.7 Å². The summed E-state index contributed by atoms with van der Waals surface area (Å²) in [6.45, 7) is 8.03. The van der Waals surface area contributed by atoms with Crippen LogP contribution in [0.2, 0.25) is 0 Å². The molecular formula is C31H46N4O6. The number of likely N-dealkylation sites (tertiary alicyclic amines) is 1. The number of carbonyl (C=O) groups excluding carboxylic acids is 4. The first-order valence-corrected chi connectivity index (χ1v) is 15.1. The van der Waals surface area contributed by atoms with Gasteiger partial charge >= 0.3 is 6.09 Å². The number of nitrogens with one attached hydrogen (secondary N) is 3. The lowest BCUT2D eigenvalue weighted by atomic mass is 9.85. The third-order valence-electron chi connectivity index (χ3n) is 8.53. The van der Waals surface area contributed by atoms with Gasteiger partial charge in [-0.1, -0.05) is 70.9 Å². The molecule has 3 fully saturated rings. The zero-order chi connectivity index (χ0) is 29.7. The van der Waals surface area contributed by atoms with Crippen LogP contribution >= 0.6 is 0 Å². The number of rotatable bonds is 11. The summed E-state index contributed by atoms with van der Waals surface area (Å²) < 4.78 is 5.41. The Morgan fingerprint density at radius 3 is 2.39 bits per heavy atom. The number of aliphatic hydroxyl groups is 1. The number of aliphatic hydroxyl groups excluding tert-OH is 1. The van der Waals surface area contributed by atoms with Crippen molar-refractivity contribution < 1.29 is 29.0 Å². The van der Waals surface area contributed by atoms with Crippen molar-refractivity contribution in [1.29, 1.82) is 0 Å². The maximum absolute atomic E-state index is 14.1. The van der Waals surface area contributed by atoms with Gasteiger partial charge in [0.25, 0.3) is 5.91 Å². The second-order valence-electron chi connectivity index (χ2n) is 12.9. The van der Waals surface area contributed by atoms with Gasteiger partial charge in [-0.25, -0.2) is 4.79 Å². The molecule has 1 aromatic carbocycles. The topological polar surface area (TPSA) is 137 Å². The second-order valence-corrected chi connectivity index (χ2v) is 12.9. The number of alkyl carbamates (subject to hydrolysis) is 1. The van der Waals surface area contributed by atoms with Gasteiger partial charge in [0, 0.05) is 12.6 Å². The molecule has 4 rings (SSSR count). The molecule has 0 spiro atoms. The summed E-state index contributed by atoms with van der Waals surface area (Å²) in [5, 5.41) is 19.3. The smallest absolute Gasteiger partial charge is 0.408 e. The van der Waals surface area contributed by atoms with Crippen LogP contribution in [0, 0.1) is 17.3 Å². The minimum Gasteiger partial charge on any atom is -0.445 e. The van der Waals surface area contributed by atoms with Crippen LogP contribution in [0.3, 0.4) is 0 Å². The first kappa shape index (κ1) is 30.8. The average Bonchev–Trinajstić information content (AvgIpc) is 3.50. The van der Waals surface area contributed by atoms with E-state index in [4.69, 9.17) is 4.74 Å². The molecule has 0 bridgehead atoms. The van der Waals surface area contributed by atoms with Gasteiger partial charge in [-0.2, -0.15) is 0 Å². The van der Waals surface area contributed by atoms with Crippen molar-refractivity contribution >= 4 is 23.8 Å². The summed E-state index contributed by atoms with van der Waals surface area (Å²) >= 11 is 0. The van der Waals surface area contributed by atoms with E-state index >= 15 is 0 Å². The normalized spacial score (nSPS) is 24.1. The number of carbonyl (C=O) groups is 4. The highest BCUT2D eigenvalue weighted by Crippen LogP contribution is 2.43. The largest absolute Gasteiger partial charge is 0.445 e. The first-order valence-electron chi connectivity index (χ1n) is 15.1. The van der Waals surface area contributed by atoms with Crippen molar-refractivity contribution in [3.8, 4) is 0 Å². The molecule has 0 radical (unpaired) electrons. The molecule has 3 unspecified atom stereocenters. The maximum atomic E-state index is 14.1. The highest BCUT2D eigenvalue weighted by atomic mass is 16.5. The first-order chi connectivity index (χ1) is 19.5. The van der Waals surface area contributed by atoms with Crippen LogP contribution in [0.4, 0.5) is 4.79 Å². The fourth-order valence-corrected chi connectivity index (χ4v) is 6.15. The van der Waals surface area contributed by atoms with Crippen LogP contribution in [0.5, 0.6) is 0 Å². The third-order valence-corrected chi connectivity index (χ3v) is 8.53. The van der Waals surface area contributed by atoms with E-state index in [0.29, 0.717) is 19.4 Å². The van der Waals surface area contributed by atoms with Crippen LogP contribution < -0.4 is 16.0 Å². The van der Waals surface area contributed by atoms with Gasteiger partial charge in [0.15, 0.2) is 6.10 Å². The molecule has 226 valence electrons. The Hall–Kier alpha value is -3.14. The average molecular weight is 571 g/mol. The number of benzene rings is 1. The van der Waals surface area contributed by atoms with Crippen LogP contribution in [0.15, 0.2) is 30.3 Å². The Balaban J connectivity index is 1.48. The lowest BCUT2D eigenvalue weighted by Gasteiger charge is -2.36. The van der Waals surface area contributed by atoms with E-state index in [1.165, 1.54) is 0 Å². The molecule has 2 saturated carbocycles. The third kappa shape index (κ3) is 7.78. The van der Waals surface area contributed by atoms with Crippen LogP contribution in [-0.2, 0) is 25.7 Å². The number of amides is 4. The van der Waals surface area contributed by atoms with E-state index in [1.807, 2.05) is 58.0 Å². The minimum absolute atomic E-state index is 0.00990. The van der Waals surface area contributed by atoms with Crippen molar-refractivity contribution in [3.63, 3.8) is 0 Å². The monoisotopic (exact) mass is 570 g/mol. The molecule has 2 aliphatic carbocycles. The molecule has 10 nitrogen and oxygen atoms in total. The Labute approximate surface area is 243 Å². The quantitative estimate of drug-likeness (QED) is 0.323. The van der Waals surface area contributed by atoms with Crippen molar-refractivity contribution in [3.05, 3.63) is 35.9 Å². The Morgan fingerprint density at radius 1 is 1.05 bits per heavy atom. The molecule has 10 heteroatoms. The van der Waals surface area contributed by atoms with E-state index in [1.54, 1.807) is 4.90 Å². The van der Waals surface area contributed by atoms with Gasteiger partial charge in [-0.15, -0.1) is 0 Å². The number of hydrogen-bond acceptors (Lipinski definition) is 6. The molecule has 6 atom stereocenters. The van der Waals surface area contributed by atoms with E-state index in [0.717, 1.165) is 37.7 Å². The minimum atomic E-state index is -1.37. The number of ether oxygens (including phenoxy) is 1. The maximum Gasteiger partial charge on any atom is 0.408 e. The van der Waals surface area contributed by atoms with Crippen molar-refractivity contribution in [2.24, 2.45) is 17.3 Å². The molecule has 1 heterocycles. The zero-order valence-electron chi connectivity index (χ0n) is 24.7. The Bertz CT molecular complexity index is 1090. The Morgan fingerprint density at radius 2 is 1.76 bits per heavy atom. The predicted octanol–water partition coefficient (Wildman–Crippen LogP) is 2.88. The molecule has 4 N–H and O–H groups in total. The Kier molecular flexibility index (Phi) is 9.94. The van der Waals surface area contributed by atoms with Gasteiger partial charge in [0.1, 0.15) is 18.7 Å². The SMILES string of the molecule is CCC[C@H](NC(=O)[C@@H]1C2CCCC2CN1C(=O)[C@@H](NC(=O)OCc1ccccc1)C(C)(C)C)C(O)C(=O)NC1CC1. The van der Waals surface area contributed by atoms with E-state index < -0.39 is 41.6 Å². The molecule has 3 aliphatic rings. The molecule has 41 heavy (non-hydrogen) atoms. The van der Waals surface area contributed by atoms with E-state index in [2.05, 4.69) is 16.0 Å². The zero-order valence-corrected chi connectivity index (χ0v) is 24.7. The number of nitrogens with zero attached hydrogens (tertiary/aromatic N) is 1. The van der Waals surface area contributed by atoms with E-state index in [9.17, 15) is 24.3 Å². The van der Waals surface area contributed by atoms with E-state index in [-0.39, 0.29) is 36.3 Å². The number of hydrogen-bond donors (Lipinski definition) is 4. The van der Waals surface area contributed by atoms with Gasteiger partial charge in [-0.05, 0) is 54.9 Å². The van der Waals surface area contributed by atoms with Gasteiger partial charge in [-0.3, -0.25) is 14.4 Å². The molecule has 1 aromatic rings. The van der Waals surface area contributed by atoms with Crippen LogP contribution in [-0.4, -0.2) is 70.6 Å². The van der Waals surface area contributed by atoms with Crippen molar-refractivity contribution in [2.75, 3.05) is 6.54 Å². The van der Waals surface area contributed by atoms with Crippen molar-refractivity contribution in [2.45, 2.75) is 110 Å². The highest BCUT2D eigenvalue weighted by molar-refractivity contribution is 5.93. The summed E-state index contributed by atoms with van der Waals surface area (Å²) in [4.78, 5) is 54.9. The molecule has 4 amide bonds. The van der Waals surface area contributed by atoms with Crippen LogP contribution in [0.25, 0.3) is 0 Å². The highest BCUT2D eigenvalue weighted by Gasteiger charge is 2.52. The van der Waals surface area contributed by atoms with Crippen molar-refractivity contribution in [1.82, 2.24) is 20.9 Å². The lowest BCUT2D eigenvalue weighted by molar-refractivity contribution is -0.144. The molecular weight excluding hydrogens is 524 g/mol. The van der Waals surface area contributed by atoms with Gasteiger partial charge in [0.2, 0.25) is 11.8 Å². The summed E-state index contributed by atoms with van der Waals surface area (Å²) in [6, 6.07) is 6.99. The summed E-state index contributed by atoms with van der Waals surface area (Å²) in [6.07, 6.45) is 3.56. The van der Waals surface area contributed by atoms with Crippen LogP contribution in [0.1, 0.15) is 78.2 Å². The summed E-state index contributed by atoms with van der Waals surface area (Å²) in [7, 11) is 0. The fraction of sp³-hybridized carbons (Fsp3) is 0.677. The summed E-state index contributed by atoms with van der Waals surface area (Å²) in [5.74, 6) is -0.987. The lowest BCUT2D eigenvalue weighted by Crippen LogP contribution is -2.60. The standard InChI is InChI=1S/C31H46N4O6/c1-5-10-23(25(36)28(38)32-21-15-16-21)33-27(37)24-22-14-9-13-20(22)17-35(24)29(39)26(31(2,3)4)34-30(40)41-18-19-11-7-6-8-12-19/h6-8,11-12,20-26,36H,5,9-10,13-18H2,1-4H3,(H,32,38)(H,33,37)(H,34,40)/t20?,22?,23-,24-,25?,26+/m0/s1. The second kappa shape index (κ2) is 13.2. The fourth-order valence-electron chi connectivity index (χ4n) is 6.15. The molecule has 1 aliphatic heterocycles. The molecule has 1 saturated heterocycles. The molecule has 0 aromatic heterocycles.